The van der Waals surface area contributed by atoms with Crippen LogP contribution in [0.5, 0.6) is 0 Å². The highest BCUT2D eigenvalue weighted by Crippen LogP contribution is 2.21. The van der Waals surface area contributed by atoms with Gasteiger partial charge in [0, 0.05) is 24.0 Å². The molecule has 4 nitrogen and oxygen atoms in total. The first-order valence-electron chi connectivity index (χ1n) is 8.33. The molecular weight excluding hydrogens is 315 g/mol. The Morgan fingerprint density at radius 1 is 1.00 bits per heavy atom. The molecular formula is C20H21FN4. The fourth-order valence-corrected chi connectivity index (χ4v) is 2.58. The predicted molar refractivity (Wildman–Crippen MR) is 99.6 cm³/mol. The predicted octanol–water partition coefficient (Wildman–Crippen LogP) is 4.84. The second-order valence-electron chi connectivity index (χ2n) is 5.83. The minimum Gasteiger partial charge on any atom is -0.350 e. The maximum absolute atomic E-state index is 13.0. The Morgan fingerprint density at radius 3 is 2.52 bits per heavy atom. The van der Waals surface area contributed by atoms with Crippen molar-refractivity contribution in [2.24, 2.45) is 0 Å². The monoisotopic (exact) mass is 336 g/mol. The molecule has 0 saturated carbocycles. The van der Waals surface area contributed by atoms with Gasteiger partial charge in [-0.2, -0.15) is 4.98 Å². The van der Waals surface area contributed by atoms with E-state index in [-0.39, 0.29) is 5.82 Å². The molecule has 0 saturated heterocycles. The third kappa shape index (κ3) is 4.53. The lowest BCUT2D eigenvalue weighted by molar-refractivity contribution is 0.627. The van der Waals surface area contributed by atoms with Crippen molar-refractivity contribution < 1.29 is 4.39 Å². The maximum atomic E-state index is 13.0. The molecule has 3 aromatic rings. The average Bonchev–Trinajstić information content (AvgIpc) is 2.61. The van der Waals surface area contributed by atoms with Gasteiger partial charge in [0.25, 0.3) is 0 Å². The van der Waals surface area contributed by atoms with Gasteiger partial charge >= 0.3 is 0 Å². The van der Waals surface area contributed by atoms with E-state index in [2.05, 4.69) is 33.6 Å². The lowest BCUT2D eigenvalue weighted by Crippen LogP contribution is -2.06. The number of hydrogen-bond donors (Lipinski definition) is 2. The number of hydrogen-bond acceptors (Lipinski definition) is 4. The van der Waals surface area contributed by atoms with Gasteiger partial charge in [0.1, 0.15) is 11.6 Å². The lowest BCUT2D eigenvalue weighted by Gasteiger charge is -2.12. The second kappa shape index (κ2) is 7.75. The third-order valence-corrected chi connectivity index (χ3v) is 3.88. The van der Waals surface area contributed by atoms with Crippen molar-refractivity contribution in [3.8, 4) is 0 Å². The molecule has 2 N–H and O–H groups in total. The molecule has 2 aromatic carbocycles. The van der Waals surface area contributed by atoms with E-state index in [1.807, 2.05) is 31.2 Å². The normalized spacial score (nSPS) is 10.5. The summed E-state index contributed by atoms with van der Waals surface area (Å²) in [6.07, 6.45) is 0.947. The number of nitrogens with zero attached hydrogens (tertiary/aromatic N) is 2. The minimum absolute atomic E-state index is 0.239. The van der Waals surface area contributed by atoms with Crippen LogP contribution in [0.25, 0.3) is 0 Å². The molecule has 128 valence electrons. The van der Waals surface area contributed by atoms with E-state index in [0.717, 1.165) is 29.2 Å². The molecule has 3 rings (SSSR count). The fraction of sp³-hybridized carbons (Fsp3) is 0.200. The van der Waals surface area contributed by atoms with Crippen LogP contribution in [0.1, 0.15) is 23.7 Å². The number of halogens is 1. The molecule has 0 spiro atoms. The van der Waals surface area contributed by atoms with Gasteiger partial charge < -0.3 is 10.6 Å². The van der Waals surface area contributed by atoms with E-state index in [0.29, 0.717) is 12.5 Å². The number of aromatic nitrogens is 2. The van der Waals surface area contributed by atoms with Gasteiger partial charge in [-0.05, 0) is 42.7 Å². The van der Waals surface area contributed by atoms with E-state index in [9.17, 15) is 4.39 Å². The number of aryl methyl sites for hydroxylation is 2. The lowest BCUT2D eigenvalue weighted by atomic mass is 10.1. The Labute approximate surface area is 147 Å². The quantitative estimate of drug-likeness (QED) is 0.676. The second-order valence-corrected chi connectivity index (χ2v) is 5.83. The molecule has 0 atom stereocenters. The first kappa shape index (κ1) is 16.9. The van der Waals surface area contributed by atoms with Gasteiger partial charge in [-0.3, -0.25) is 0 Å². The van der Waals surface area contributed by atoms with Crippen LogP contribution < -0.4 is 10.6 Å². The summed E-state index contributed by atoms with van der Waals surface area (Å²) in [5.74, 6) is 1.05. The summed E-state index contributed by atoms with van der Waals surface area (Å²) >= 11 is 0. The van der Waals surface area contributed by atoms with Crippen molar-refractivity contribution in [2.45, 2.75) is 26.8 Å². The Bertz CT molecular complexity index is 847. The van der Waals surface area contributed by atoms with Crippen molar-refractivity contribution in [2.75, 3.05) is 10.6 Å². The summed E-state index contributed by atoms with van der Waals surface area (Å²) in [4.78, 5) is 8.94. The number of para-hydroxylation sites is 1. The van der Waals surface area contributed by atoms with Crippen molar-refractivity contribution in [3.63, 3.8) is 0 Å². The zero-order valence-electron chi connectivity index (χ0n) is 14.4. The molecule has 0 bridgehead atoms. The topological polar surface area (TPSA) is 49.8 Å². The van der Waals surface area contributed by atoms with Crippen LogP contribution in [0, 0.1) is 12.7 Å². The zero-order chi connectivity index (χ0) is 17.6. The molecule has 1 heterocycles. The maximum Gasteiger partial charge on any atom is 0.225 e. The Kier molecular flexibility index (Phi) is 5.23. The molecule has 0 aliphatic heterocycles. The summed E-state index contributed by atoms with van der Waals surface area (Å²) in [5.41, 5.74) is 4.12. The van der Waals surface area contributed by atoms with Gasteiger partial charge in [-0.25, -0.2) is 9.37 Å². The molecule has 1 aromatic heterocycles. The van der Waals surface area contributed by atoms with Crippen LogP contribution in [-0.2, 0) is 13.0 Å². The Hall–Kier alpha value is -2.95. The molecule has 0 radical (unpaired) electrons. The highest BCUT2D eigenvalue weighted by atomic mass is 19.1. The highest BCUT2D eigenvalue weighted by molar-refractivity contribution is 5.61. The average molecular weight is 336 g/mol. The van der Waals surface area contributed by atoms with E-state index >= 15 is 0 Å². The number of rotatable bonds is 6. The SMILES string of the molecule is CCc1ccccc1Nc1cc(C)nc(NCc2ccc(F)cc2)n1. The largest absolute Gasteiger partial charge is 0.350 e. The molecule has 0 amide bonds. The van der Waals surface area contributed by atoms with Gasteiger partial charge in [-0.15, -0.1) is 0 Å². The molecule has 0 aliphatic carbocycles. The van der Waals surface area contributed by atoms with Gasteiger partial charge in [0.15, 0.2) is 0 Å². The third-order valence-electron chi connectivity index (χ3n) is 3.88. The summed E-state index contributed by atoms with van der Waals surface area (Å²) < 4.78 is 13.0. The summed E-state index contributed by atoms with van der Waals surface area (Å²) in [7, 11) is 0. The fourth-order valence-electron chi connectivity index (χ4n) is 2.58. The first-order chi connectivity index (χ1) is 12.1. The summed E-state index contributed by atoms with van der Waals surface area (Å²) in [5, 5.41) is 6.56. The van der Waals surface area contributed by atoms with Crippen molar-refractivity contribution in [1.82, 2.24) is 9.97 Å². The minimum atomic E-state index is -0.239. The number of benzene rings is 2. The Morgan fingerprint density at radius 2 is 1.76 bits per heavy atom. The highest BCUT2D eigenvalue weighted by Gasteiger charge is 2.05. The molecule has 5 heteroatoms. The van der Waals surface area contributed by atoms with Gasteiger partial charge in [0.2, 0.25) is 5.95 Å². The molecule has 25 heavy (non-hydrogen) atoms. The molecule has 0 aliphatic rings. The molecule has 0 fully saturated rings. The van der Waals surface area contributed by atoms with E-state index < -0.39 is 0 Å². The van der Waals surface area contributed by atoms with Crippen LogP contribution in [0.2, 0.25) is 0 Å². The summed E-state index contributed by atoms with van der Waals surface area (Å²) in [6.45, 7) is 4.60. The van der Waals surface area contributed by atoms with Gasteiger partial charge in [0.05, 0.1) is 0 Å². The van der Waals surface area contributed by atoms with Crippen LogP contribution >= 0.6 is 0 Å². The van der Waals surface area contributed by atoms with Crippen LogP contribution in [0.4, 0.5) is 21.8 Å². The molecule has 0 unspecified atom stereocenters. The number of anilines is 3. The van der Waals surface area contributed by atoms with Crippen molar-refractivity contribution in [1.29, 1.82) is 0 Å². The van der Waals surface area contributed by atoms with Gasteiger partial charge in [-0.1, -0.05) is 37.3 Å². The van der Waals surface area contributed by atoms with Crippen LogP contribution in [-0.4, -0.2) is 9.97 Å². The van der Waals surface area contributed by atoms with E-state index in [4.69, 9.17) is 0 Å². The van der Waals surface area contributed by atoms with Crippen molar-refractivity contribution >= 4 is 17.5 Å². The smallest absolute Gasteiger partial charge is 0.225 e. The van der Waals surface area contributed by atoms with Crippen LogP contribution in [0.15, 0.2) is 54.6 Å². The number of nitrogens with one attached hydrogen (secondary N) is 2. The van der Waals surface area contributed by atoms with E-state index in [1.165, 1.54) is 17.7 Å². The van der Waals surface area contributed by atoms with Crippen LogP contribution in [0.3, 0.4) is 0 Å². The first-order valence-corrected chi connectivity index (χ1v) is 8.33. The van der Waals surface area contributed by atoms with E-state index in [1.54, 1.807) is 12.1 Å². The summed E-state index contributed by atoms with van der Waals surface area (Å²) in [6, 6.07) is 16.5. The standard InChI is InChI=1S/C20H21FN4/c1-3-16-6-4-5-7-18(16)24-19-12-14(2)23-20(25-19)22-13-15-8-10-17(21)11-9-15/h4-12H,3,13H2,1-2H3,(H2,22,23,24,25). The zero-order valence-corrected chi connectivity index (χ0v) is 14.4. The Balaban J connectivity index is 1.75. The van der Waals surface area contributed by atoms with Crippen molar-refractivity contribution in [3.05, 3.63) is 77.2 Å².